The Morgan fingerprint density at radius 2 is 1.84 bits per heavy atom. The van der Waals surface area contributed by atoms with Gasteiger partial charge in [-0.15, -0.1) is 0 Å². The van der Waals surface area contributed by atoms with E-state index in [1.807, 2.05) is 25.1 Å². The number of hydrogen-bond acceptors (Lipinski definition) is 5. The number of nitrogens with one attached hydrogen (secondary N) is 2. The average Bonchev–Trinajstić information content (AvgIpc) is 3.44. The number of carbonyl (C=O) groups is 4. The summed E-state index contributed by atoms with van der Waals surface area (Å²) in [6.07, 6.45) is 1.96. The van der Waals surface area contributed by atoms with Crippen LogP contribution in [0.4, 0.5) is 0 Å². The van der Waals surface area contributed by atoms with Crippen LogP contribution in [0.2, 0.25) is 10.0 Å². The molecule has 0 spiro atoms. The molecular weight excluding hydrogens is 593 g/mol. The van der Waals surface area contributed by atoms with Crippen LogP contribution in [0.5, 0.6) is 0 Å². The van der Waals surface area contributed by atoms with Gasteiger partial charge in [-0.25, -0.2) is 4.79 Å². The molecule has 2 atom stereocenters. The predicted octanol–water partition coefficient (Wildman–Crippen LogP) is 5.56. The van der Waals surface area contributed by atoms with Crippen molar-refractivity contribution in [2.75, 3.05) is 6.54 Å². The van der Waals surface area contributed by atoms with Crippen LogP contribution in [0.1, 0.15) is 62.9 Å². The molecule has 0 fully saturated rings. The lowest BCUT2D eigenvalue weighted by atomic mass is 9.95. The number of carboxylic acid groups (broad SMARTS) is 1. The number of hydrogen-bond donors (Lipinski definition) is 3. The Kier molecular flexibility index (Phi) is 8.75. The van der Waals surface area contributed by atoms with Crippen molar-refractivity contribution in [3.05, 3.63) is 104 Å². The van der Waals surface area contributed by atoms with Gasteiger partial charge in [0.1, 0.15) is 11.6 Å². The quantitative estimate of drug-likeness (QED) is 0.236. The van der Waals surface area contributed by atoms with Crippen LogP contribution >= 0.6 is 23.2 Å². The van der Waals surface area contributed by atoms with Gasteiger partial charge in [0.15, 0.2) is 0 Å². The summed E-state index contributed by atoms with van der Waals surface area (Å²) in [4.78, 5) is 51.8. The molecule has 3 amide bonds. The van der Waals surface area contributed by atoms with E-state index >= 15 is 0 Å². The molecule has 2 heterocycles. The summed E-state index contributed by atoms with van der Waals surface area (Å²) < 4.78 is 5.43. The van der Waals surface area contributed by atoms with Gasteiger partial charge in [-0.1, -0.05) is 53.5 Å². The lowest BCUT2D eigenvalue weighted by Crippen LogP contribution is -2.42. The molecule has 11 heteroatoms. The predicted molar refractivity (Wildman–Crippen MR) is 162 cm³/mol. The fourth-order valence-corrected chi connectivity index (χ4v) is 6.11. The number of nitrogens with zero attached hydrogens (tertiary/aromatic N) is 1. The highest BCUT2D eigenvalue weighted by atomic mass is 35.5. The number of benzene rings is 3. The van der Waals surface area contributed by atoms with Gasteiger partial charge in [-0.3, -0.25) is 14.4 Å². The molecule has 222 valence electrons. The summed E-state index contributed by atoms with van der Waals surface area (Å²) in [5.74, 6) is -2.28. The second kappa shape index (κ2) is 12.5. The second-order valence-corrected chi connectivity index (χ2v) is 11.4. The molecule has 1 aliphatic rings. The largest absolute Gasteiger partial charge is 0.480 e. The third-order valence-corrected chi connectivity index (χ3v) is 8.25. The van der Waals surface area contributed by atoms with E-state index in [1.165, 1.54) is 6.92 Å². The molecular formula is C32H29Cl2N3O6. The topological polar surface area (TPSA) is 129 Å². The first kappa shape index (κ1) is 30.1. The van der Waals surface area contributed by atoms with Crippen LogP contribution in [0.3, 0.4) is 0 Å². The minimum absolute atomic E-state index is 0.00273. The smallest absolute Gasteiger partial charge is 0.326 e. The first-order valence-corrected chi connectivity index (χ1v) is 14.4. The molecule has 1 aliphatic heterocycles. The van der Waals surface area contributed by atoms with Crippen LogP contribution in [-0.2, 0) is 29.0 Å². The molecule has 43 heavy (non-hydrogen) atoms. The van der Waals surface area contributed by atoms with Crippen molar-refractivity contribution in [1.82, 2.24) is 15.5 Å². The molecule has 5 rings (SSSR count). The van der Waals surface area contributed by atoms with Crippen LogP contribution < -0.4 is 10.6 Å². The number of furan rings is 1. The molecule has 9 nitrogen and oxygen atoms in total. The van der Waals surface area contributed by atoms with Gasteiger partial charge in [0.2, 0.25) is 5.91 Å². The van der Waals surface area contributed by atoms with E-state index in [4.69, 9.17) is 27.6 Å². The lowest BCUT2D eigenvalue weighted by Gasteiger charge is -2.30. The van der Waals surface area contributed by atoms with Gasteiger partial charge in [0.25, 0.3) is 11.8 Å². The van der Waals surface area contributed by atoms with E-state index in [2.05, 4.69) is 10.6 Å². The normalized spacial score (nSPS) is 14.1. The molecule has 0 bridgehead atoms. The zero-order valence-electron chi connectivity index (χ0n) is 23.4. The fraction of sp³-hybridized carbons (Fsp3) is 0.250. The van der Waals surface area contributed by atoms with Gasteiger partial charge in [-0.2, -0.15) is 0 Å². The highest BCUT2D eigenvalue weighted by Crippen LogP contribution is 2.35. The molecule has 3 aromatic carbocycles. The average molecular weight is 623 g/mol. The maximum absolute atomic E-state index is 13.4. The first-order valence-electron chi connectivity index (χ1n) is 13.7. The van der Waals surface area contributed by atoms with Gasteiger partial charge in [0, 0.05) is 37.4 Å². The SMILES string of the molecule is CC(=O)NC(C)c1cccc(C[C@H](NC(=O)c2c(Cl)cc3c(c2Cl)CCN(C(=O)c2ccc4ccoc4c2)C3)C(=O)O)c1. The summed E-state index contributed by atoms with van der Waals surface area (Å²) >= 11 is 13.2. The first-order chi connectivity index (χ1) is 20.5. The second-order valence-electron chi connectivity index (χ2n) is 10.6. The summed E-state index contributed by atoms with van der Waals surface area (Å²) in [7, 11) is 0. The molecule has 1 aromatic heterocycles. The molecule has 0 saturated heterocycles. The number of fused-ring (bicyclic) bond motifs is 2. The summed E-state index contributed by atoms with van der Waals surface area (Å²) in [6.45, 7) is 3.86. The van der Waals surface area contributed by atoms with Gasteiger partial charge in [0.05, 0.1) is 27.9 Å². The molecule has 4 aromatic rings. The Morgan fingerprint density at radius 1 is 1.05 bits per heavy atom. The summed E-state index contributed by atoms with van der Waals surface area (Å²) in [5.41, 5.74) is 3.98. The summed E-state index contributed by atoms with van der Waals surface area (Å²) in [5, 5.41) is 16.4. The highest BCUT2D eigenvalue weighted by Gasteiger charge is 2.30. The van der Waals surface area contributed by atoms with Crippen LogP contribution in [0.25, 0.3) is 11.0 Å². The number of aliphatic carboxylic acids is 1. The standard InChI is InChI=1S/C32H29Cl2N3O6/c1-17(35-18(2)38)21-5-3-4-19(12-21)13-26(32(41)42)36-30(39)28-25(33)14-23-16-37(10-8-24(23)29(28)34)31(40)22-7-6-20-9-11-43-27(20)15-22/h3-7,9,11-12,14-15,17,26H,8,10,13,16H2,1-2H3,(H,35,38)(H,36,39)(H,41,42)/t17?,26-/m0/s1. The minimum atomic E-state index is -1.26. The van der Waals surface area contributed by atoms with E-state index in [0.29, 0.717) is 40.8 Å². The number of halogens is 2. The fourth-order valence-electron chi connectivity index (χ4n) is 5.35. The van der Waals surface area contributed by atoms with Crippen LogP contribution in [-0.4, -0.2) is 46.3 Å². The van der Waals surface area contributed by atoms with Crippen LogP contribution in [0, 0.1) is 0 Å². The van der Waals surface area contributed by atoms with Crippen molar-refractivity contribution >= 4 is 57.9 Å². The molecule has 3 N–H and O–H groups in total. The van der Waals surface area contributed by atoms with Gasteiger partial charge < -0.3 is 25.1 Å². The monoisotopic (exact) mass is 621 g/mol. The Labute approximate surface area is 257 Å². The van der Waals surface area contributed by atoms with Gasteiger partial charge >= 0.3 is 5.97 Å². The van der Waals surface area contributed by atoms with E-state index in [1.54, 1.807) is 47.6 Å². The maximum Gasteiger partial charge on any atom is 0.326 e. The van der Waals surface area contributed by atoms with Crippen molar-refractivity contribution in [2.45, 2.75) is 45.3 Å². The molecule has 0 saturated carbocycles. The number of amides is 3. The third-order valence-electron chi connectivity index (χ3n) is 7.54. The van der Waals surface area contributed by atoms with Crippen molar-refractivity contribution in [2.24, 2.45) is 0 Å². The van der Waals surface area contributed by atoms with E-state index in [9.17, 15) is 24.3 Å². The Morgan fingerprint density at radius 3 is 2.58 bits per heavy atom. The van der Waals surface area contributed by atoms with Gasteiger partial charge in [-0.05, 0) is 59.9 Å². The van der Waals surface area contributed by atoms with Crippen molar-refractivity contribution < 1.29 is 28.7 Å². The Bertz CT molecular complexity index is 1750. The Balaban J connectivity index is 1.32. The number of rotatable bonds is 8. The van der Waals surface area contributed by atoms with Crippen molar-refractivity contribution in [1.29, 1.82) is 0 Å². The van der Waals surface area contributed by atoms with Crippen LogP contribution in [0.15, 0.2) is 65.3 Å². The van der Waals surface area contributed by atoms with E-state index in [-0.39, 0.29) is 46.4 Å². The van der Waals surface area contributed by atoms with E-state index < -0.39 is 17.9 Å². The van der Waals surface area contributed by atoms with Crippen molar-refractivity contribution in [3.8, 4) is 0 Å². The van der Waals surface area contributed by atoms with Crippen molar-refractivity contribution in [3.63, 3.8) is 0 Å². The number of carbonyl (C=O) groups excluding carboxylic acids is 3. The molecule has 0 aliphatic carbocycles. The zero-order chi connectivity index (χ0) is 30.8. The zero-order valence-corrected chi connectivity index (χ0v) is 25.0. The third kappa shape index (κ3) is 6.53. The van der Waals surface area contributed by atoms with E-state index in [0.717, 1.165) is 10.9 Å². The summed E-state index contributed by atoms with van der Waals surface area (Å²) in [6, 6.07) is 14.3. The highest BCUT2D eigenvalue weighted by molar-refractivity contribution is 6.40. The number of carboxylic acids is 1. The Hall–Kier alpha value is -4.34. The molecule has 1 unspecified atom stereocenters. The minimum Gasteiger partial charge on any atom is -0.480 e. The maximum atomic E-state index is 13.4. The lowest BCUT2D eigenvalue weighted by molar-refractivity contribution is -0.139. The molecule has 0 radical (unpaired) electrons.